The first-order valence-electron chi connectivity index (χ1n) is 16.7. The van der Waals surface area contributed by atoms with Gasteiger partial charge >= 0.3 is 0 Å². The quantitative estimate of drug-likeness (QED) is 0.206. The van der Waals surface area contributed by atoms with Gasteiger partial charge in [0.15, 0.2) is 0 Å². The summed E-state index contributed by atoms with van der Waals surface area (Å²) in [6.07, 6.45) is 11.9. The van der Waals surface area contributed by atoms with E-state index in [1.54, 1.807) is 7.11 Å². The highest BCUT2D eigenvalue weighted by Crippen LogP contribution is 2.39. The second kappa shape index (κ2) is 13.0. The van der Waals surface area contributed by atoms with E-state index < -0.39 is 0 Å². The Labute approximate surface area is 264 Å². The molecule has 6 rings (SSSR count). The van der Waals surface area contributed by atoms with E-state index in [0.717, 1.165) is 56.7 Å². The number of aryl methyl sites for hydroxylation is 2. The number of ether oxygens (including phenoxy) is 1. The topological polar surface area (TPSA) is 41.5 Å². The molecule has 5 heteroatoms. The molecule has 1 fully saturated rings. The number of aromatic nitrogens is 2. The zero-order valence-corrected chi connectivity index (χ0v) is 27.9. The van der Waals surface area contributed by atoms with Gasteiger partial charge in [-0.3, -0.25) is 9.97 Å². The van der Waals surface area contributed by atoms with Crippen LogP contribution in [0.5, 0.6) is 5.75 Å². The first-order chi connectivity index (χ1) is 21.2. The predicted molar refractivity (Wildman–Crippen MR) is 185 cm³/mol. The molecule has 0 radical (unpaired) electrons. The van der Waals surface area contributed by atoms with Crippen LogP contribution in [0.3, 0.4) is 0 Å². The third-order valence-electron chi connectivity index (χ3n) is 10.1. The van der Waals surface area contributed by atoms with E-state index in [1.165, 1.54) is 68.1 Å². The van der Waals surface area contributed by atoms with E-state index in [0.29, 0.717) is 17.8 Å². The van der Waals surface area contributed by atoms with Crippen LogP contribution in [0, 0.1) is 0 Å². The van der Waals surface area contributed by atoms with Crippen molar-refractivity contribution in [3.8, 4) is 5.75 Å². The molecule has 4 aromatic rings. The maximum atomic E-state index is 5.88. The number of likely N-dealkylation sites (tertiary alicyclic amines) is 1. The fourth-order valence-corrected chi connectivity index (χ4v) is 7.52. The smallest absolute Gasteiger partial charge is 0.119 e. The number of rotatable bonds is 8. The number of hydrogen-bond donors (Lipinski definition) is 0. The van der Waals surface area contributed by atoms with Crippen molar-refractivity contribution in [1.82, 2.24) is 19.8 Å². The standard InChI is InChI=1S/C39H50N4O/c1-25(2)32-10-15-40-38-33(28-11-16-42(5)17-12-28)20-27(21-35(32)38)8-9-30-24-41-39-34(29-13-18-43(6)19-14-29)22-31(44-7)23-36(39)37(30)26(3)4/h10-11,15,20-26,29H,8-9,12-14,16-19H2,1-7H3. The second-order valence-electron chi connectivity index (χ2n) is 13.9. The van der Waals surface area contributed by atoms with E-state index in [2.05, 4.69) is 94.2 Å². The molecule has 0 bridgehead atoms. The number of nitrogens with zero attached hydrogens (tertiary/aromatic N) is 4. The molecule has 4 heterocycles. The maximum absolute atomic E-state index is 5.88. The molecule has 5 nitrogen and oxygen atoms in total. The van der Waals surface area contributed by atoms with Crippen LogP contribution in [0.25, 0.3) is 27.4 Å². The van der Waals surface area contributed by atoms with Gasteiger partial charge in [0, 0.05) is 41.8 Å². The molecule has 1 saturated heterocycles. The Morgan fingerprint density at radius 1 is 0.864 bits per heavy atom. The molecule has 0 spiro atoms. The van der Waals surface area contributed by atoms with Crippen LogP contribution in [-0.4, -0.2) is 67.2 Å². The Hall–Kier alpha value is -3.28. The normalized spacial score (nSPS) is 17.2. The van der Waals surface area contributed by atoms with E-state index in [4.69, 9.17) is 14.7 Å². The number of benzene rings is 2. The molecule has 0 amide bonds. The van der Waals surface area contributed by atoms with Crippen LogP contribution >= 0.6 is 0 Å². The molecular weight excluding hydrogens is 540 g/mol. The van der Waals surface area contributed by atoms with Crippen molar-refractivity contribution in [2.75, 3.05) is 47.4 Å². The maximum Gasteiger partial charge on any atom is 0.119 e. The third kappa shape index (κ3) is 6.14. The second-order valence-corrected chi connectivity index (χ2v) is 13.9. The molecule has 44 heavy (non-hydrogen) atoms. The van der Waals surface area contributed by atoms with E-state index in [-0.39, 0.29) is 0 Å². The van der Waals surface area contributed by atoms with Crippen molar-refractivity contribution >= 4 is 27.4 Å². The zero-order chi connectivity index (χ0) is 31.0. The highest BCUT2D eigenvalue weighted by Gasteiger charge is 2.24. The number of likely N-dealkylation sites (N-methyl/N-ethyl adjacent to an activating group) is 1. The SMILES string of the molecule is COc1cc(C2CCN(C)CC2)c2ncc(CCc3cc(C4=CCN(C)CC4)c4nccc(C(C)C)c4c3)c(C(C)C)c2c1. The van der Waals surface area contributed by atoms with E-state index >= 15 is 0 Å². The van der Waals surface area contributed by atoms with Crippen LogP contribution in [-0.2, 0) is 12.8 Å². The molecule has 0 N–H and O–H groups in total. The summed E-state index contributed by atoms with van der Waals surface area (Å²) < 4.78 is 5.88. The Bertz CT molecular complexity index is 1680. The highest BCUT2D eigenvalue weighted by atomic mass is 16.5. The summed E-state index contributed by atoms with van der Waals surface area (Å²) in [4.78, 5) is 15.0. The summed E-state index contributed by atoms with van der Waals surface area (Å²) in [6.45, 7) is 13.6. The highest BCUT2D eigenvalue weighted by molar-refractivity contribution is 5.94. The lowest BCUT2D eigenvalue weighted by Gasteiger charge is -2.30. The van der Waals surface area contributed by atoms with E-state index in [9.17, 15) is 0 Å². The van der Waals surface area contributed by atoms with Gasteiger partial charge in [-0.15, -0.1) is 0 Å². The fraction of sp³-hybridized carbons (Fsp3) is 0.487. The summed E-state index contributed by atoms with van der Waals surface area (Å²) in [7, 11) is 6.22. The average molecular weight is 591 g/mol. The molecular formula is C39H50N4O. The average Bonchev–Trinajstić information content (AvgIpc) is 3.02. The Kier molecular flexibility index (Phi) is 9.07. The number of fused-ring (bicyclic) bond motifs is 2. The van der Waals surface area contributed by atoms with Crippen LogP contribution in [0.2, 0.25) is 0 Å². The van der Waals surface area contributed by atoms with Gasteiger partial charge in [0.05, 0.1) is 18.1 Å². The predicted octanol–water partition coefficient (Wildman–Crippen LogP) is 8.35. The lowest BCUT2D eigenvalue weighted by Crippen LogP contribution is -2.29. The molecule has 0 saturated carbocycles. The van der Waals surface area contributed by atoms with Crippen LogP contribution in [0.1, 0.15) is 98.1 Å². The summed E-state index contributed by atoms with van der Waals surface area (Å²) in [6, 6.07) is 11.6. The summed E-state index contributed by atoms with van der Waals surface area (Å²) in [5.41, 5.74) is 12.0. The van der Waals surface area contributed by atoms with Crippen molar-refractivity contribution in [2.24, 2.45) is 0 Å². The molecule has 2 aromatic carbocycles. The Balaban J connectivity index is 1.40. The first kappa shape index (κ1) is 30.7. The molecule has 0 aliphatic carbocycles. The third-order valence-corrected chi connectivity index (χ3v) is 10.1. The van der Waals surface area contributed by atoms with Gasteiger partial charge in [-0.2, -0.15) is 0 Å². The van der Waals surface area contributed by atoms with Crippen molar-refractivity contribution < 1.29 is 4.74 Å². The van der Waals surface area contributed by atoms with Crippen molar-refractivity contribution in [3.05, 3.63) is 82.2 Å². The van der Waals surface area contributed by atoms with Gasteiger partial charge < -0.3 is 14.5 Å². The number of piperidine rings is 1. The lowest BCUT2D eigenvalue weighted by molar-refractivity contribution is 0.255. The van der Waals surface area contributed by atoms with Gasteiger partial charge in [0.1, 0.15) is 5.75 Å². The van der Waals surface area contributed by atoms with Gasteiger partial charge in [0.2, 0.25) is 0 Å². The minimum absolute atomic E-state index is 0.390. The molecule has 2 aliphatic rings. The largest absolute Gasteiger partial charge is 0.497 e. The van der Waals surface area contributed by atoms with Gasteiger partial charge in [-0.25, -0.2) is 0 Å². The summed E-state index contributed by atoms with van der Waals surface area (Å²) >= 11 is 0. The van der Waals surface area contributed by atoms with Gasteiger partial charge in [0.25, 0.3) is 0 Å². The Morgan fingerprint density at radius 2 is 1.66 bits per heavy atom. The number of methoxy groups -OCH3 is 1. The molecule has 2 aliphatic heterocycles. The van der Waals surface area contributed by atoms with Crippen molar-refractivity contribution in [2.45, 2.75) is 77.6 Å². The van der Waals surface area contributed by atoms with Gasteiger partial charge in [-0.1, -0.05) is 33.8 Å². The van der Waals surface area contributed by atoms with Crippen LogP contribution in [0.4, 0.5) is 0 Å². The number of pyridine rings is 2. The summed E-state index contributed by atoms with van der Waals surface area (Å²) in [5, 5.41) is 2.58. The monoisotopic (exact) mass is 590 g/mol. The van der Waals surface area contributed by atoms with Gasteiger partial charge in [-0.05, 0) is 141 Å². The van der Waals surface area contributed by atoms with Crippen molar-refractivity contribution in [3.63, 3.8) is 0 Å². The molecule has 0 atom stereocenters. The summed E-state index contributed by atoms with van der Waals surface area (Å²) in [5.74, 6) is 2.31. The molecule has 0 unspecified atom stereocenters. The minimum atomic E-state index is 0.390. The minimum Gasteiger partial charge on any atom is -0.497 e. The first-order valence-corrected chi connectivity index (χ1v) is 16.7. The Morgan fingerprint density at radius 3 is 2.34 bits per heavy atom. The van der Waals surface area contributed by atoms with Crippen LogP contribution < -0.4 is 4.74 Å². The van der Waals surface area contributed by atoms with E-state index in [1.807, 2.05) is 6.20 Å². The molecule has 232 valence electrons. The number of hydrogen-bond acceptors (Lipinski definition) is 5. The fourth-order valence-electron chi connectivity index (χ4n) is 7.52. The molecule has 2 aromatic heterocycles. The van der Waals surface area contributed by atoms with Crippen LogP contribution in [0.15, 0.2) is 48.8 Å². The van der Waals surface area contributed by atoms with Crippen molar-refractivity contribution in [1.29, 1.82) is 0 Å². The lowest BCUT2D eigenvalue weighted by atomic mass is 9.84. The zero-order valence-electron chi connectivity index (χ0n) is 27.9.